The number of halogens is 3. The molecule has 0 atom stereocenters. The number of nitrogens with one attached hydrogen (secondary N) is 1. The highest BCUT2D eigenvalue weighted by atomic mass is 19.4. The topological polar surface area (TPSA) is 57.8 Å². The van der Waals surface area contributed by atoms with Crippen LogP contribution in [0.4, 0.5) is 19.0 Å². The maximum absolute atomic E-state index is 12.7. The van der Waals surface area contributed by atoms with Gasteiger partial charge >= 0.3 is 6.18 Å². The van der Waals surface area contributed by atoms with E-state index in [1.165, 1.54) is 0 Å². The second-order valence-electron chi connectivity index (χ2n) is 6.63. The van der Waals surface area contributed by atoms with Gasteiger partial charge in [0.15, 0.2) is 0 Å². The molecule has 3 rings (SSSR count). The van der Waals surface area contributed by atoms with Crippen LogP contribution in [0.15, 0.2) is 24.3 Å². The van der Waals surface area contributed by atoms with E-state index < -0.39 is 17.6 Å². The summed E-state index contributed by atoms with van der Waals surface area (Å²) in [5, 5.41) is 12.2. The zero-order valence-electron chi connectivity index (χ0n) is 14.4. The highest BCUT2D eigenvalue weighted by Gasteiger charge is 2.30. The smallest absolute Gasteiger partial charge is 0.330 e. The van der Waals surface area contributed by atoms with E-state index in [1.54, 1.807) is 0 Å². The van der Waals surface area contributed by atoms with Crippen molar-refractivity contribution in [1.82, 2.24) is 4.57 Å². The highest BCUT2D eigenvalue weighted by molar-refractivity contribution is 6.04. The molecule has 1 amide bonds. The molecular weight excluding hydrogens is 343 g/mol. The van der Waals surface area contributed by atoms with Gasteiger partial charge in [0, 0.05) is 17.8 Å². The fraction of sp³-hybridized carbons (Fsp3) is 0.368. The highest BCUT2D eigenvalue weighted by Crippen LogP contribution is 2.35. The van der Waals surface area contributed by atoms with E-state index in [4.69, 9.17) is 0 Å². The first-order valence-corrected chi connectivity index (χ1v) is 8.30. The van der Waals surface area contributed by atoms with Crippen LogP contribution < -0.4 is 5.32 Å². The Morgan fingerprint density at radius 1 is 1.27 bits per heavy atom. The number of nitriles is 1. The molecule has 4 nitrogen and oxygen atoms in total. The van der Waals surface area contributed by atoms with Gasteiger partial charge in [0.25, 0.3) is 5.91 Å². The number of carbonyl (C=O) groups excluding carboxylic acids is 1. The lowest BCUT2D eigenvalue weighted by Gasteiger charge is -2.13. The van der Waals surface area contributed by atoms with Crippen molar-refractivity contribution >= 4 is 11.7 Å². The molecule has 0 spiro atoms. The molecule has 0 aliphatic heterocycles. The molecule has 0 saturated heterocycles. The number of nitrogens with zero attached hydrogens (tertiary/aromatic N) is 2. The summed E-state index contributed by atoms with van der Waals surface area (Å²) in [4.78, 5) is 12.5. The maximum Gasteiger partial charge on any atom is 0.416 e. The second kappa shape index (κ2) is 6.52. The molecule has 1 aliphatic carbocycles. The van der Waals surface area contributed by atoms with Crippen molar-refractivity contribution in [1.29, 1.82) is 5.26 Å². The third kappa shape index (κ3) is 3.45. The van der Waals surface area contributed by atoms with Crippen molar-refractivity contribution in [2.24, 2.45) is 5.92 Å². The van der Waals surface area contributed by atoms with E-state index in [1.807, 2.05) is 18.4 Å². The van der Waals surface area contributed by atoms with Crippen LogP contribution in [-0.2, 0) is 12.7 Å². The van der Waals surface area contributed by atoms with Gasteiger partial charge in [-0.2, -0.15) is 18.4 Å². The van der Waals surface area contributed by atoms with Crippen LogP contribution in [0.3, 0.4) is 0 Å². The summed E-state index contributed by atoms with van der Waals surface area (Å²) in [6.45, 7) is 4.44. The average molecular weight is 361 g/mol. The Morgan fingerprint density at radius 3 is 2.38 bits per heavy atom. The molecule has 1 saturated carbocycles. The van der Waals surface area contributed by atoms with Gasteiger partial charge in [0.1, 0.15) is 11.9 Å². The first kappa shape index (κ1) is 18.1. The second-order valence-corrected chi connectivity index (χ2v) is 6.63. The van der Waals surface area contributed by atoms with Gasteiger partial charge in [0.05, 0.1) is 11.1 Å². The molecule has 1 aromatic carbocycles. The number of hydrogen-bond donors (Lipinski definition) is 1. The zero-order chi connectivity index (χ0) is 19.1. The SMILES string of the molecule is Cc1c(C#N)c(NC(=O)c2ccc(C(F)(F)F)cc2)n(CC2CC2)c1C. The summed E-state index contributed by atoms with van der Waals surface area (Å²) in [5.74, 6) is 0.415. The molecular formula is C19H18F3N3O. The van der Waals surface area contributed by atoms with Gasteiger partial charge in [-0.1, -0.05) is 0 Å². The normalized spacial score (nSPS) is 14.2. The Bertz CT molecular complexity index is 885. The van der Waals surface area contributed by atoms with Crippen LogP contribution in [0.1, 0.15) is 45.6 Å². The first-order chi connectivity index (χ1) is 12.2. The number of aromatic nitrogens is 1. The van der Waals surface area contributed by atoms with Crippen LogP contribution in [0.25, 0.3) is 0 Å². The lowest BCUT2D eigenvalue weighted by Crippen LogP contribution is -2.17. The average Bonchev–Trinajstić information content (AvgIpc) is 3.38. The van der Waals surface area contributed by atoms with Crippen LogP contribution in [0.5, 0.6) is 0 Å². The lowest BCUT2D eigenvalue weighted by molar-refractivity contribution is -0.137. The molecule has 0 radical (unpaired) electrons. The van der Waals surface area contributed by atoms with Crippen LogP contribution >= 0.6 is 0 Å². The predicted molar refractivity (Wildman–Crippen MR) is 90.7 cm³/mol. The van der Waals surface area contributed by atoms with Gasteiger partial charge in [0.2, 0.25) is 0 Å². The monoisotopic (exact) mass is 361 g/mol. The Hall–Kier alpha value is -2.75. The summed E-state index contributed by atoms with van der Waals surface area (Å²) in [7, 11) is 0. The number of hydrogen-bond acceptors (Lipinski definition) is 2. The minimum atomic E-state index is -4.45. The molecule has 26 heavy (non-hydrogen) atoms. The molecule has 1 N–H and O–H groups in total. The molecule has 1 heterocycles. The van der Waals surface area contributed by atoms with Crippen molar-refractivity contribution < 1.29 is 18.0 Å². The number of benzene rings is 1. The van der Waals surface area contributed by atoms with Gasteiger partial charge in [-0.3, -0.25) is 4.79 Å². The van der Waals surface area contributed by atoms with Crippen molar-refractivity contribution in [3.63, 3.8) is 0 Å². The van der Waals surface area contributed by atoms with Gasteiger partial charge in [-0.25, -0.2) is 0 Å². The van der Waals surface area contributed by atoms with Crippen molar-refractivity contribution in [2.45, 2.75) is 39.4 Å². The maximum atomic E-state index is 12.7. The Balaban J connectivity index is 1.89. The van der Waals surface area contributed by atoms with Crippen LogP contribution in [-0.4, -0.2) is 10.5 Å². The van der Waals surface area contributed by atoms with E-state index in [9.17, 15) is 23.2 Å². The Kier molecular flexibility index (Phi) is 4.53. The van der Waals surface area contributed by atoms with Crippen molar-refractivity contribution in [3.8, 4) is 6.07 Å². The minimum absolute atomic E-state index is 0.108. The van der Waals surface area contributed by atoms with Gasteiger partial charge in [-0.05, 0) is 62.4 Å². The zero-order valence-corrected chi connectivity index (χ0v) is 14.4. The number of alkyl halides is 3. The number of amides is 1. The van der Waals surface area contributed by atoms with Crippen molar-refractivity contribution in [2.75, 3.05) is 5.32 Å². The molecule has 1 aromatic heterocycles. The van der Waals surface area contributed by atoms with E-state index in [0.29, 0.717) is 17.3 Å². The summed E-state index contributed by atoms with van der Waals surface area (Å²) < 4.78 is 39.9. The van der Waals surface area contributed by atoms with E-state index in [0.717, 1.165) is 54.9 Å². The van der Waals surface area contributed by atoms with Gasteiger partial charge < -0.3 is 9.88 Å². The predicted octanol–water partition coefficient (Wildman–Crippen LogP) is 4.66. The molecule has 0 unspecified atom stereocenters. The summed E-state index contributed by atoms with van der Waals surface area (Å²) in [6, 6.07) is 6.14. The third-order valence-corrected chi connectivity index (χ3v) is 4.79. The third-order valence-electron chi connectivity index (χ3n) is 4.79. The Morgan fingerprint density at radius 2 is 1.88 bits per heavy atom. The fourth-order valence-corrected chi connectivity index (χ4v) is 2.91. The standard InChI is InChI=1S/C19H18F3N3O/c1-11-12(2)25(10-13-3-4-13)17(16(11)9-23)24-18(26)14-5-7-15(8-6-14)19(20,21)22/h5-8,13H,3-4,10H2,1-2H3,(H,24,26). The number of rotatable bonds is 4. The summed E-state index contributed by atoms with van der Waals surface area (Å²) >= 11 is 0. The molecule has 7 heteroatoms. The van der Waals surface area contributed by atoms with Crippen molar-refractivity contribution in [3.05, 3.63) is 52.2 Å². The fourth-order valence-electron chi connectivity index (χ4n) is 2.91. The molecule has 0 bridgehead atoms. The summed E-state index contributed by atoms with van der Waals surface area (Å²) in [6.07, 6.45) is -2.22. The number of anilines is 1. The Labute approximate surface area is 149 Å². The van der Waals surface area contributed by atoms with Crippen LogP contribution in [0.2, 0.25) is 0 Å². The summed E-state index contributed by atoms with van der Waals surface area (Å²) in [5.41, 5.74) is 1.40. The van der Waals surface area contributed by atoms with Crippen LogP contribution in [0, 0.1) is 31.1 Å². The van der Waals surface area contributed by atoms with Gasteiger partial charge in [-0.15, -0.1) is 0 Å². The van der Waals surface area contributed by atoms with E-state index in [2.05, 4.69) is 11.4 Å². The molecule has 1 fully saturated rings. The minimum Gasteiger partial charge on any atom is -0.330 e. The molecule has 2 aromatic rings. The van der Waals surface area contributed by atoms with E-state index in [-0.39, 0.29) is 5.56 Å². The molecule has 136 valence electrons. The largest absolute Gasteiger partial charge is 0.416 e. The number of carbonyl (C=O) groups is 1. The molecule has 1 aliphatic rings. The first-order valence-electron chi connectivity index (χ1n) is 8.30. The quantitative estimate of drug-likeness (QED) is 0.861. The lowest BCUT2D eigenvalue weighted by atomic mass is 10.1. The van der Waals surface area contributed by atoms with E-state index >= 15 is 0 Å².